The van der Waals surface area contributed by atoms with Gasteiger partial charge in [0, 0.05) is 6.61 Å². The molecule has 0 saturated heterocycles. The first-order valence-corrected chi connectivity index (χ1v) is 5.36. The highest BCUT2D eigenvalue weighted by atomic mass is 16.5. The van der Waals surface area contributed by atoms with Crippen LogP contribution < -0.4 is 11.5 Å². The van der Waals surface area contributed by atoms with Crippen molar-refractivity contribution in [2.75, 3.05) is 6.61 Å². The molecule has 0 unspecified atom stereocenters. The molecule has 4 N–H and O–H groups in total. The van der Waals surface area contributed by atoms with Gasteiger partial charge >= 0.3 is 0 Å². The summed E-state index contributed by atoms with van der Waals surface area (Å²) in [7, 11) is 0. The third-order valence-electron chi connectivity index (χ3n) is 2.28. The first kappa shape index (κ1) is 12.7. The predicted octanol–water partition coefficient (Wildman–Crippen LogP) is 0.796. The highest BCUT2D eigenvalue weighted by Gasteiger charge is 2.07. The monoisotopic (exact) mass is 222 g/mol. The number of carbonyl (C=O) groups excluding carboxylic acids is 1. The van der Waals surface area contributed by atoms with Crippen LogP contribution in [0, 0.1) is 0 Å². The maximum atomic E-state index is 10.6. The Balaban J connectivity index is 2.07. The summed E-state index contributed by atoms with van der Waals surface area (Å²) in [5.74, 6) is -0.456. The van der Waals surface area contributed by atoms with Gasteiger partial charge in [-0.05, 0) is 18.4 Å². The average Bonchev–Trinajstić information content (AvgIpc) is 2.29. The topological polar surface area (TPSA) is 78.3 Å². The molecule has 1 atom stereocenters. The second-order valence-electron chi connectivity index (χ2n) is 3.69. The predicted molar refractivity (Wildman–Crippen MR) is 62.5 cm³/mol. The largest absolute Gasteiger partial charge is 0.377 e. The van der Waals surface area contributed by atoms with E-state index in [2.05, 4.69) is 0 Å². The smallest absolute Gasteiger partial charge is 0.234 e. The minimum absolute atomic E-state index is 0.456. The van der Waals surface area contributed by atoms with E-state index in [0.717, 1.165) is 12.0 Å². The summed E-state index contributed by atoms with van der Waals surface area (Å²) in [6, 6.07) is 9.38. The molecule has 1 aromatic rings. The van der Waals surface area contributed by atoms with Gasteiger partial charge in [0.15, 0.2) is 0 Å². The molecular formula is C12H18N2O2. The zero-order chi connectivity index (χ0) is 11.8. The second kappa shape index (κ2) is 6.98. The van der Waals surface area contributed by atoms with Crippen LogP contribution in [0.4, 0.5) is 0 Å². The Morgan fingerprint density at radius 3 is 2.62 bits per heavy atom. The van der Waals surface area contributed by atoms with Crippen molar-refractivity contribution < 1.29 is 9.53 Å². The van der Waals surface area contributed by atoms with Crippen LogP contribution in [0.2, 0.25) is 0 Å². The Labute approximate surface area is 95.6 Å². The number of amides is 1. The van der Waals surface area contributed by atoms with E-state index in [1.54, 1.807) is 0 Å². The number of ether oxygens (including phenoxy) is 1. The van der Waals surface area contributed by atoms with Crippen molar-refractivity contribution in [2.45, 2.75) is 25.5 Å². The first-order chi connectivity index (χ1) is 7.70. The Bertz CT molecular complexity index is 314. The van der Waals surface area contributed by atoms with Crippen LogP contribution in [-0.2, 0) is 16.1 Å². The maximum absolute atomic E-state index is 10.6. The average molecular weight is 222 g/mol. The fourth-order valence-corrected chi connectivity index (χ4v) is 1.31. The number of nitrogens with two attached hydrogens (primary N) is 2. The van der Waals surface area contributed by atoms with Crippen molar-refractivity contribution in [3.05, 3.63) is 35.9 Å². The molecule has 0 fully saturated rings. The molecule has 4 heteroatoms. The van der Waals surface area contributed by atoms with Crippen LogP contribution in [0.3, 0.4) is 0 Å². The van der Waals surface area contributed by atoms with Crippen molar-refractivity contribution >= 4 is 5.91 Å². The Morgan fingerprint density at radius 2 is 2.00 bits per heavy atom. The standard InChI is InChI=1S/C12H18N2O2/c13-11(12(14)15)7-4-8-16-9-10-5-2-1-3-6-10/h1-3,5-6,11H,4,7-9,13H2,(H2,14,15)/t11-/m0/s1. The molecule has 1 rings (SSSR count). The number of primary amides is 1. The minimum Gasteiger partial charge on any atom is -0.377 e. The van der Waals surface area contributed by atoms with Crippen LogP contribution in [0.5, 0.6) is 0 Å². The lowest BCUT2D eigenvalue weighted by Crippen LogP contribution is -2.36. The molecule has 0 radical (unpaired) electrons. The van der Waals surface area contributed by atoms with Gasteiger partial charge in [-0.3, -0.25) is 4.79 Å². The zero-order valence-corrected chi connectivity index (χ0v) is 9.26. The van der Waals surface area contributed by atoms with Crippen LogP contribution in [-0.4, -0.2) is 18.6 Å². The molecule has 4 nitrogen and oxygen atoms in total. The van der Waals surface area contributed by atoms with Gasteiger partial charge in [0.1, 0.15) is 0 Å². The van der Waals surface area contributed by atoms with Gasteiger partial charge in [0.25, 0.3) is 0 Å². The molecule has 0 bridgehead atoms. The summed E-state index contributed by atoms with van der Waals surface area (Å²) < 4.78 is 5.44. The minimum atomic E-state index is -0.555. The molecule has 0 aliphatic heterocycles. The van der Waals surface area contributed by atoms with Gasteiger partial charge in [0.05, 0.1) is 12.6 Å². The summed E-state index contributed by atoms with van der Waals surface area (Å²) in [6.45, 7) is 1.18. The molecule has 16 heavy (non-hydrogen) atoms. The molecule has 1 aromatic carbocycles. The van der Waals surface area contributed by atoms with E-state index in [-0.39, 0.29) is 0 Å². The number of hydrogen-bond acceptors (Lipinski definition) is 3. The molecule has 88 valence electrons. The first-order valence-electron chi connectivity index (χ1n) is 5.36. The fourth-order valence-electron chi connectivity index (χ4n) is 1.31. The molecule has 0 saturated carbocycles. The molecule has 0 aromatic heterocycles. The molecule has 1 amide bonds. The molecule has 0 aliphatic rings. The van der Waals surface area contributed by atoms with E-state index < -0.39 is 11.9 Å². The van der Waals surface area contributed by atoms with Gasteiger partial charge in [-0.25, -0.2) is 0 Å². The van der Waals surface area contributed by atoms with Gasteiger partial charge in [-0.1, -0.05) is 30.3 Å². The van der Waals surface area contributed by atoms with Crippen LogP contribution >= 0.6 is 0 Å². The Morgan fingerprint density at radius 1 is 1.31 bits per heavy atom. The molecule has 0 heterocycles. The summed E-state index contributed by atoms with van der Waals surface area (Å²) in [6.07, 6.45) is 1.32. The van der Waals surface area contributed by atoms with E-state index in [4.69, 9.17) is 16.2 Å². The van der Waals surface area contributed by atoms with E-state index in [9.17, 15) is 4.79 Å². The lowest BCUT2D eigenvalue weighted by molar-refractivity contribution is -0.119. The van der Waals surface area contributed by atoms with Crippen molar-refractivity contribution in [3.8, 4) is 0 Å². The van der Waals surface area contributed by atoms with Gasteiger partial charge in [-0.2, -0.15) is 0 Å². The molecular weight excluding hydrogens is 204 g/mol. The summed E-state index contributed by atoms with van der Waals surface area (Å²) in [4.78, 5) is 10.6. The Kier molecular flexibility index (Phi) is 5.53. The van der Waals surface area contributed by atoms with Gasteiger partial charge in [-0.15, -0.1) is 0 Å². The highest BCUT2D eigenvalue weighted by Crippen LogP contribution is 2.02. The van der Waals surface area contributed by atoms with E-state index in [1.165, 1.54) is 0 Å². The summed E-state index contributed by atoms with van der Waals surface area (Å²) in [5.41, 5.74) is 11.7. The third-order valence-corrected chi connectivity index (χ3v) is 2.28. The lowest BCUT2D eigenvalue weighted by Gasteiger charge is -2.07. The number of hydrogen-bond donors (Lipinski definition) is 2. The van der Waals surface area contributed by atoms with Crippen LogP contribution in [0.25, 0.3) is 0 Å². The second-order valence-corrected chi connectivity index (χ2v) is 3.69. The maximum Gasteiger partial charge on any atom is 0.234 e. The highest BCUT2D eigenvalue weighted by molar-refractivity contribution is 5.79. The Hall–Kier alpha value is -1.39. The van der Waals surface area contributed by atoms with Crippen molar-refractivity contribution in [1.29, 1.82) is 0 Å². The van der Waals surface area contributed by atoms with Crippen molar-refractivity contribution in [1.82, 2.24) is 0 Å². The normalized spacial score (nSPS) is 12.3. The SMILES string of the molecule is NC(=O)[C@@H](N)CCCOCc1ccccc1. The summed E-state index contributed by atoms with van der Waals surface area (Å²) >= 11 is 0. The number of benzene rings is 1. The lowest BCUT2D eigenvalue weighted by atomic mass is 10.2. The van der Waals surface area contributed by atoms with Gasteiger partial charge in [0.2, 0.25) is 5.91 Å². The summed E-state index contributed by atoms with van der Waals surface area (Å²) in [5, 5.41) is 0. The van der Waals surface area contributed by atoms with Crippen molar-refractivity contribution in [3.63, 3.8) is 0 Å². The van der Waals surface area contributed by atoms with E-state index in [1.807, 2.05) is 30.3 Å². The van der Waals surface area contributed by atoms with Crippen molar-refractivity contribution in [2.24, 2.45) is 11.5 Å². The number of rotatable bonds is 7. The van der Waals surface area contributed by atoms with E-state index >= 15 is 0 Å². The van der Waals surface area contributed by atoms with Crippen LogP contribution in [0.15, 0.2) is 30.3 Å². The molecule has 0 aliphatic carbocycles. The molecule has 0 spiro atoms. The van der Waals surface area contributed by atoms with Gasteiger partial charge < -0.3 is 16.2 Å². The quantitative estimate of drug-likeness (QED) is 0.670. The van der Waals surface area contributed by atoms with E-state index in [0.29, 0.717) is 19.6 Å². The fraction of sp³-hybridized carbons (Fsp3) is 0.417. The number of carbonyl (C=O) groups is 1. The third kappa shape index (κ3) is 4.91. The van der Waals surface area contributed by atoms with Crippen LogP contribution in [0.1, 0.15) is 18.4 Å². The zero-order valence-electron chi connectivity index (χ0n) is 9.26.